The number of hydrogen-bond acceptors (Lipinski definition) is 5. The van der Waals surface area contributed by atoms with Crippen LogP contribution in [0.25, 0.3) is 0 Å². The van der Waals surface area contributed by atoms with Gasteiger partial charge in [-0.1, -0.05) is 18.2 Å². The van der Waals surface area contributed by atoms with Gasteiger partial charge in [0.25, 0.3) is 0 Å². The van der Waals surface area contributed by atoms with Gasteiger partial charge >= 0.3 is 0 Å². The summed E-state index contributed by atoms with van der Waals surface area (Å²) in [6.07, 6.45) is 0.871. The lowest BCUT2D eigenvalue weighted by atomic mass is 10.2. The van der Waals surface area contributed by atoms with Gasteiger partial charge in [0.1, 0.15) is 0 Å². The molecule has 3 N–H and O–H groups in total. The molecule has 3 rings (SSSR count). The summed E-state index contributed by atoms with van der Waals surface area (Å²) in [6, 6.07) is 11.5. The number of rotatable bonds is 6. The Kier molecular flexibility index (Phi) is 8.49. The van der Waals surface area contributed by atoms with E-state index in [9.17, 15) is 0 Å². The van der Waals surface area contributed by atoms with E-state index in [-0.39, 0.29) is 24.0 Å². The zero-order valence-electron chi connectivity index (χ0n) is 16.1. The van der Waals surface area contributed by atoms with Crippen LogP contribution in [0, 0.1) is 0 Å². The minimum atomic E-state index is 0. The first-order chi connectivity index (χ1) is 13.2. The van der Waals surface area contributed by atoms with E-state index in [1.165, 1.54) is 0 Å². The Morgan fingerprint density at radius 2 is 1.89 bits per heavy atom. The number of hydrogen-bond donors (Lipinski definition) is 2. The van der Waals surface area contributed by atoms with E-state index < -0.39 is 0 Å². The van der Waals surface area contributed by atoms with Crippen LogP contribution >= 0.6 is 24.0 Å². The lowest BCUT2D eigenvalue weighted by Gasteiger charge is -2.13. The molecule has 2 aromatic rings. The summed E-state index contributed by atoms with van der Waals surface area (Å²) >= 11 is 0. The summed E-state index contributed by atoms with van der Waals surface area (Å²) in [5, 5.41) is 3.13. The molecule has 0 saturated heterocycles. The molecule has 0 fully saturated rings. The molecule has 1 aliphatic rings. The van der Waals surface area contributed by atoms with Gasteiger partial charge in [-0.3, -0.25) is 0 Å². The fraction of sp³-hybridized carbons (Fsp3) is 0.350. The first-order valence-corrected chi connectivity index (χ1v) is 8.83. The highest BCUT2D eigenvalue weighted by atomic mass is 127. The van der Waals surface area contributed by atoms with E-state index in [1.807, 2.05) is 36.4 Å². The van der Waals surface area contributed by atoms with Crippen LogP contribution in [0.1, 0.15) is 17.5 Å². The Balaban J connectivity index is 0.00000280. The molecule has 0 aromatic heterocycles. The Morgan fingerprint density at radius 1 is 1.11 bits per heavy atom. The summed E-state index contributed by atoms with van der Waals surface area (Å²) < 4.78 is 22.1. The largest absolute Gasteiger partial charge is 0.493 e. The molecule has 8 heteroatoms. The maximum atomic E-state index is 6.01. The van der Waals surface area contributed by atoms with Gasteiger partial charge in [0.05, 0.1) is 34.0 Å². The number of nitrogens with two attached hydrogens (primary N) is 1. The highest BCUT2D eigenvalue weighted by Gasteiger charge is 2.14. The molecular weight excluding hydrogens is 473 g/mol. The van der Waals surface area contributed by atoms with E-state index in [1.54, 1.807) is 14.2 Å². The van der Waals surface area contributed by atoms with Gasteiger partial charge in [-0.25, -0.2) is 4.99 Å². The van der Waals surface area contributed by atoms with E-state index in [4.69, 9.17) is 24.7 Å². The van der Waals surface area contributed by atoms with E-state index in [0.29, 0.717) is 43.8 Å². The molecule has 0 spiro atoms. The molecule has 0 saturated carbocycles. The van der Waals surface area contributed by atoms with Crippen LogP contribution in [0.15, 0.2) is 41.4 Å². The van der Waals surface area contributed by atoms with Crippen molar-refractivity contribution in [3.63, 3.8) is 0 Å². The van der Waals surface area contributed by atoms with Crippen LogP contribution in [0.2, 0.25) is 0 Å². The maximum absolute atomic E-state index is 6.01. The number of methoxy groups -OCH3 is 2. The summed E-state index contributed by atoms with van der Waals surface area (Å²) in [5.74, 6) is 3.25. The molecule has 152 valence electrons. The van der Waals surface area contributed by atoms with Gasteiger partial charge in [-0.2, -0.15) is 0 Å². The van der Waals surface area contributed by atoms with Crippen molar-refractivity contribution in [3.8, 4) is 23.0 Å². The predicted molar refractivity (Wildman–Crippen MR) is 119 cm³/mol. The van der Waals surface area contributed by atoms with Crippen LogP contribution in [0.4, 0.5) is 0 Å². The standard InChI is InChI=1S/C20H25N3O4.HI/c1-24-16-8-7-14(11-18(16)25-2)12-22-20(21)23-13-15-5-3-6-17-19(15)27-10-4-9-26-17;/h3,5-8,11H,4,9-10,12-13H2,1-2H3,(H3,21,22,23);1H. The zero-order valence-corrected chi connectivity index (χ0v) is 18.4. The zero-order chi connectivity index (χ0) is 19.1. The monoisotopic (exact) mass is 499 g/mol. The van der Waals surface area contributed by atoms with Crippen LogP contribution in [-0.2, 0) is 13.1 Å². The molecule has 0 aliphatic carbocycles. The topological polar surface area (TPSA) is 87.3 Å². The number of fused-ring (bicyclic) bond motifs is 1. The van der Waals surface area contributed by atoms with Crippen molar-refractivity contribution in [1.82, 2.24) is 5.32 Å². The molecule has 2 aromatic carbocycles. The van der Waals surface area contributed by atoms with Gasteiger partial charge in [-0.15, -0.1) is 24.0 Å². The van der Waals surface area contributed by atoms with Crippen molar-refractivity contribution in [2.75, 3.05) is 27.4 Å². The van der Waals surface area contributed by atoms with Crippen molar-refractivity contribution in [1.29, 1.82) is 0 Å². The summed E-state index contributed by atoms with van der Waals surface area (Å²) in [4.78, 5) is 4.39. The first kappa shape index (κ1) is 21.9. The van der Waals surface area contributed by atoms with Gasteiger partial charge < -0.3 is 30.0 Å². The lowest BCUT2D eigenvalue weighted by molar-refractivity contribution is 0.296. The Hall–Kier alpha value is -2.36. The number of para-hydroxylation sites is 1. The number of nitrogens with one attached hydrogen (secondary N) is 1. The average molecular weight is 499 g/mol. The van der Waals surface area contributed by atoms with Crippen molar-refractivity contribution in [2.45, 2.75) is 19.5 Å². The molecule has 0 radical (unpaired) electrons. The van der Waals surface area contributed by atoms with E-state index in [2.05, 4.69) is 10.3 Å². The molecule has 28 heavy (non-hydrogen) atoms. The van der Waals surface area contributed by atoms with Gasteiger partial charge in [0, 0.05) is 18.5 Å². The molecule has 0 amide bonds. The number of halogens is 1. The lowest BCUT2D eigenvalue weighted by Crippen LogP contribution is -2.31. The van der Waals surface area contributed by atoms with Crippen molar-refractivity contribution >= 4 is 29.9 Å². The quantitative estimate of drug-likeness (QED) is 0.361. The second-order valence-corrected chi connectivity index (χ2v) is 6.04. The predicted octanol–water partition coefficient (Wildman–Crippen LogP) is 3.09. The number of nitrogens with zero attached hydrogens (tertiary/aromatic N) is 1. The third-order valence-corrected chi connectivity index (χ3v) is 4.19. The van der Waals surface area contributed by atoms with Crippen LogP contribution in [0.3, 0.4) is 0 Å². The Labute approximate surface area is 182 Å². The number of benzene rings is 2. The highest BCUT2D eigenvalue weighted by Crippen LogP contribution is 2.33. The number of aliphatic imine (C=N–C) groups is 1. The van der Waals surface area contributed by atoms with Crippen molar-refractivity contribution < 1.29 is 18.9 Å². The van der Waals surface area contributed by atoms with Crippen LogP contribution < -0.4 is 30.0 Å². The van der Waals surface area contributed by atoms with Crippen LogP contribution in [-0.4, -0.2) is 33.4 Å². The van der Waals surface area contributed by atoms with E-state index in [0.717, 1.165) is 29.0 Å². The summed E-state index contributed by atoms with van der Waals surface area (Å²) in [5.41, 5.74) is 7.97. The second-order valence-electron chi connectivity index (χ2n) is 6.04. The average Bonchev–Trinajstić information content (AvgIpc) is 2.96. The molecule has 1 aliphatic heterocycles. The first-order valence-electron chi connectivity index (χ1n) is 8.83. The number of guanidine groups is 1. The van der Waals surface area contributed by atoms with Crippen LogP contribution in [0.5, 0.6) is 23.0 Å². The molecule has 7 nitrogen and oxygen atoms in total. The fourth-order valence-electron chi connectivity index (χ4n) is 2.79. The Morgan fingerprint density at radius 3 is 2.68 bits per heavy atom. The second kappa shape index (κ2) is 10.8. The molecule has 0 unspecified atom stereocenters. The summed E-state index contributed by atoms with van der Waals surface area (Å²) in [6.45, 7) is 2.26. The summed E-state index contributed by atoms with van der Waals surface area (Å²) in [7, 11) is 3.21. The molecule has 0 bridgehead atoms. The molecule has 1 heterocycles. The fourth-order valence-corrected chi connectivity index (χ4v) is 2.79. The van der Waals surface area contributed by atoms with Crippen molar-refractivity contribution in [2.24, 2.45) is 10.7 Å². The SMILES string of the molecule is COc1ccc(CN=C(N)NCc2cccc3c2OCCCO3)cc1OC.I. The third-order valence-electron chi connectivity index (χ3n) is 4.19. The highest BCUT2D eigenvalue weighted by molar-refractivity contribution is 14.0. The maximum Gasteiger partial charge on any atom is 0.189 e. The number of ether oxygens (including phenoxy) is 4. The normalized spacial score (nSPS) is 13.1. The van der Waals surface area contributed by atoms with Gasteiger partial charge in [-0.05, 0) is 23.8 Å². The minimum Gasteiger partial charge on any atom is -0.493 e. The van der Waals surface area contributed by atoms with Gasteiger partial charge in [0.2, 0.25) is 0 Å². The smallest absolute Gasteiger partial charge is 0.189 e. The van der Waals surface area contributed by atoms with Gasteiger partial charge in [0.15, 0.2) is 29.0 Å². The Bertz CT molecular complexity index is 814. The van der Waals surface area contributed by atoms with Crippen molar-refractivity contribution in [3.05, 3.63) is 47.5 Å². The minimum absolute atomic E-state index is 0. The third kappa shape index (κ3) is 5.57. The molecule has 0 atom stereocenters. The molecular formula is C20H26IN3O4. The van der Waals surface area contributed by atoms with E-state index >= 15 is 0 Å².